The van der Waals surface area contributed by atoms with E-state index >= 15 is 0 Å². The second-order valence-corrected chi connectivity index (χ2v) is 5.17. The first-order valence-corrected chi connectivity index (χ1v) is 7.33. The molecule has 0 radical (unpaired) electrons. The summed E-state index contributed by atoms with van der Waals surface area (Å²) in [5, 5.41) is 5.78. The van der Waals surface area contributed by atoms with Gasteiger partial charge in [-0.1, -0.05) is 6.92 Å². The van der Waals surface area contributed by atoms with Crippen molar-refractivity contribution in [3.05, 3.63) is 35.8 Å². The molecule has 2 amide bonds. The number of primary amides is 2. The van der Waals surface area contributed by atoms with Crippen LogP contribution in [0.2, 0.25) is 0 Å². The smallest absolute Gasteiger partial charge is 0.271 e. The molecule has 0 bridgehead atoms. The predicted octanol–water partition coefficient (Wildman–Crippen LogP) is 0.698. The highest BCUT2D eigenvalue weighted by Crippen LogP contribution is 2.19. The summed E-state index contributed by atoms with van der Waals surface area (Å²) in [6.45, 7) is 3.72. The lowest BCUT2D eigenvalue weighted by molar-refractivity contribution is -0.118. The number of pyridine rings is 1. The number of nitrogens with two attached hydrogens (primary N) is 2. The highest BCUT2D eigenvalue weighted by Gasteiger charge is 2.17. The Bertz CT molecular complexity index is 763. The number of anilines is 3. The zero-order valence-corrected chi connectivity index (χ0v) is 13.4. The Morgan fingerprint density at radius 2 is 2.00 bits per heavy atom. The molecular formula is C15H19N7O2. The van der Waals surface area contributed by atoms with E-state index in [1.54, 1.807) is 12.3 Å². The Morgan fingerprint density at radius 3 is 2.58 bits per heavy atom. The molecule has 2 rings (SSSR count). The number of carbonyl (C=O) groups excluding carboxylic acids is 2. The second kappa shape index (κ2) is 7.36. The first-order chi connectivity index (χ1) is 11.4. The largest absolute Gasteiger partial charge is 0.368 e. The van der Waals surface area contributed by atoms with Gasteiger partial charge >= 0.3 is 0 Å². The number of rotatable bonds is 7. The molecule has 0 fully saturated rings. The SMILES string of the molecule is CC[C@@H](Nc1cnc(C(N)=O)c(Nc2cc(C)ccn2)n1)C(N)=O. The van der Waals surface area contributed by atoms with Crippen LogP contribution in [0.25, 0.3) is 0 Å². The quantitative estimate of drug-likeness (QED) is 0.584. The molecule has 9 nitrogen and oxygen atoms in total. The van der Waals surface area contributed by atoms with Crippen LogP contribution in [-0.4, -0.2) is 32.8 Å². The van der Waals surface area contributed by atoms with Gasteiger partial charge in [0.2, 0.25) is 5.91 Å². The van der Waals surface area contributed by atoms with Gasteiger partial charge in [0.25, 0.3) is 5.91 Å². The van der Waals surface area contributed by atoms with Crippen LogP contribution in [0.5, 0.6) is 0 Å². The van der Waals surface area contributed by atoms with E-state index in [0.29, 0.717) is 18.1 Å². The molecule has 0 saturated heterocycles. The summed E-state index contributed by atoms with van der Waals surface area (Å²) in [6, 6.07) is 3.02. The van der Waals surface area contributed by atoms with E-state index in [1.165, 1.54) is 6.20 Å². The third-order valence-electron chi connectivity index (χ3n) is 3.24. The zero-order chi connectivity index (χ0) is 17.7. The van der Waals surface area contributed by atoms with Gasteiger partial charge < -0.3 is 22.1 Å². The minimum absolute atomic E-state index is 0.0315. The molecule has 6 N–H and O–H groups in total. The lowest BCUT2D eigenvalue weighted by atomic mass is 10.2. The Morgan fingerprint density at radius 1 is 1.25 bits per heavy atom. The summed E-state index contributed by atoms with van der Waals surface area (Å²) in [4.78, 5) is 35.3. The van der Waals surface area contributed by atoms with Gasteiger partial charge in [0.1, 0.15) is 17.7 Å². The fourth-order valence-electron chi connectivity index (χ4n) is 2.00. The predicted molar refractivity (Wildman–Crippen MR) is 89.7 cm³/mol. The molecule has 24 heavy (non-hydrogen) atoms. The molecule has 2 aromatic rings. The average Bonchev–Trinajstić information content (AvgIpc) is 2.52. The molecule has 1 atom stereocenters. The van der Waals surface area contributed by atoms with E-state index in [0.717, 1.165) is 5.56 Å². The zero-order valence-electron chi connectivity index (χ0n) is 13.4. The molecule has 0 aliphatic rings. The molecule has 9 heteroatoms. The fourth-order valence-corrected chi connectivity index (χ4v) is 2.00. The number of hydrogen-bond donors (Lipinski definition) is 4. The maximum absolute atomic E-state index is 11.5. The highest BCUT2D eigenvalue weighted by molar-refractivity contribution is 5.96. The van der Waals surface area contributed by atoms with Crippen LogP contribution >= 0.6 is 0 Å². The first kappa shape index (κ1) is 17.1. The minimum atomic E-state index is -0.730. The van der Waals surface area contributed by atoms with Gasteiger partial charge in [-0.25, -0.2) is 15.0 Å². The van der Waals surface area contributed by atoms with E-state index in [1.807, 2.05) is 19.9 Å². The summed E-state index contributed by atoms with van der Waals surface area (Å²) in [7, 11) is 0. The van der Waals surface area contributed by atoms with Crippen molar-refractivity contribution in [2.45, 2.75) is 26.3 Å². The minimum Gasteiger partial charge on any atom is -0.368 e. The molecule has 0 aliphatic heterocycles. The van der Waals surface area contributed by atoms with Crippen LogP contribution in [0.15, 0.2) is 24.5 Å². The van der Waals surface area contributed by atoms with Gasteiger partial charge in [0.05, 0.1) is 6.20 Å². The molecular weight excluding hydrogens is 310 g/mol. The summed E-state index contributed by atoms with van der Waals surface area (Å²) in [6.07, 6.45) is 3.43. The van der Waals surface area contributed by atoms with E-state index < -0.39 is 17.9 Å². The monoisotopic (exact) mass is 329 g/mol. The summed E-state index contributed by atoms with van der Waals surface area (Å²) in [5.41, 5.74) is 11.6. The van der Waals surface area contributed by atoms with Gasteiger partial charge in [-0.05, 0) is 31.0 Å². The van der Waals surface area contributed by atoms with Crippen molar-refractivity contribution in [3.63, 3.8) is 0 Å². The number of aromatic nitrogens is 3. The van der Waals surface area contributed by atoms with Gasteiger partial charge in [-0.15, -0.1) is 0 Å². The topological polar surface area (TPSA) is 149 Å². The van der Waals surface area contributed by atoms with Crippen molar-refractivity contribution in [2.24, 2.45) is 11.5 Å². The summed E-state index contributed by atoms with van der Waals surface area (Å²) in [5.74, 6) is -0.309. The highest BCUT2D eigenvalue weighted by atomic mass is 16.1. The summed E-state index contributed by atoms with van der Waals surface area (Å²) >= 11 is 0. The van der Waals surface area contributed by atoms with Crippen LogP contribution < -0.4 is 22.1 Å². The molecule has 0 saturated carbocycles. The van der Waals surface area contributed by atoms with E-state index in [2.05, 4.69) is 25.6 Å². The molecule has 2 aromatic heterocycles. The molecule has 2 heterocycles. The third-order valence-corrected chi connectivity index (χ3v) is 3.24. The lowest BCUT2D eigenvalue weighted by Crippen LogP contribution is -2.35. The van der Waals surface area contributed by atoms with Crippen LogP contribution in [0, 0.1) is 6.92 Å². The molecule has 0 spiro atoms. The van der Waals surface area contributed by atoms with Crippen LogP contribution in [-0.2, 0) is 4.79 Å². The van der Waals surface area contributed by atoms with Crippen molar-refractivity contribution in [1.82, 2.24) is 15.0 Å². The number of nitrogens with one attached hydrogen (secondary N) is 2. The Kier molecular flexibility index (Phi) is 5.25. The Balaban J connectivity index is 2.34. The maximum atomic E-state index is 11.5. The van der Waals surface area contributed by atoms with Gasteiger partial charge in [0, 0.05) is 6.20 Å². The second-order valence-electron chi connectivity index (χ2n) is 5.17. The molecule has 0 aromatic carbocycles. The van der Waals surface area contributed by atoms with Crippen molar-refractivity contribution >= 4 is 29.3 Å². The van der Waals surface area contributed by atoms with Gasteiger partial charge in [-0.2, -0.15) is 0 Å². The number of hydrogen-bond acceptors (Lipinski definition) is 7. The fraction of sp³-hybridized carbons (Fsp3) is 0.267. The number of aryl methyl sites for hydroxylation is 1. The van der Waals surface area contributed by atoms with Crippen molar-refractivity contribution < 1.29 is 9.59 Å². The van der Waals surface area contributed by atoms with E-state index in [-0.39, 0.29) is 11.5 Å². The van der Waals surface area contributed by atoms with E-state index in [4.69, 9.17) is 11.5 Å². The first-order valence-electron chi connectivity index (χ1n) is 7.33. The van der Waals surface area contributed by atoms with Crippen LogP contribution in [0.4, 0.5) is 17.5 Å². The van der Waals surface area contributed by atoms with Crippen molar-refractivity contribution in [1.29, 1.82) is 0 Å². The van der Waals surface area contributed by atoms with Gasteiger partial charge in [0.15, 0.2) is 11.5 Å². The maximum Gasteiger partial charge on any atom is 0.271 e. The third kappa shape index (κ3) is 4.15. The molecule has 0 unspecified atom stereocenters. The van der Waals surface area contributed by atoms with Crippen LogP contribution in [0.3, 0.4) is 0 Å². The van der Waals surface area contributed by atoms with Crippen LogP contribution in [0.1, 0.15) is 29.4 Å². The standard InChI is InChI=1S/C15H19N7O2/c1-3-9(13(16)23)20-11-7-19-12(14(17)24)15(22-11)21-10-6-8(2)4-5-18-10/h4-7,9H,3H2,1-2H3,(H2,16,23)(H2,17,24)(H2,18,20,21,22)/t9-/m1/s1. The van der Waals surface area contributed by atoms with Gasteiger partial charge in [-0.3, -0.25) is 9.59 Å². The average molecular weight is 329 g/mol. The van der Waals surface area contributed by atoms with Crippen molar-refractivity contribution in [2.75, 3.05) is 10.6 Å². The Hall–Kier alpha value is -3.23. The molecule has 0 aliphatic carbocycles. The number of amides is 2. The number of carbonyl (C=O) groups is 2. The number of nitrogens with zero attached hydrogens (tertiary/aromatic N) is 3. The Labute approximate surface area is 138 Å². The molecule has 126 valence electrons. The normalized spacial score (nSPS) is 11.6. The van der Waals surface area contributed by atoms with E-state index in [9.17, 15) is 9.59 Å². The van der Waals surface area contributed by atoms with Crippen molar-refractivity contribution in [3.8, 4) is 0 Å². The summed E-state index contributed by atoms with van der Waals surface area (Å²) < 4.78 is 0. The lowest BCUT2D eigenvalue weighted by Gasteiger charge is -2.15.